The van der Waals surface area contributed by atoms with Gasteiger partial charge in [-0.15, -0.1) is 0 Å². The molecule has 2 N–H and O–H groups in total. The van der Waals surface area contributed by atoms with Gasteiger partial charge < -0.3 is 5.11 Å². The van der Waals surface area contributed by atoms with Crippen molar-refractivity contribution in [3.05, 3.63) is 90.0 Å². The van der Waals surface area contributed by atoms with E-state index in [1.807, 2.05) is 30.3 Å². The van der Waals surface area contributed by atoms with Gasteiger partial charge in [-0.2, -0.15) is 8.42 Å². The van der Waals surface area contributed by atoms with Crippen molar-refractivity contribution in [3.63, 3.8) is 0 Å². The first-order valence-corrected chi connectivity index (χ1v) is 11.5. The maximum absolute atomic E-state index is 13.8. The van der Waals surface area contributed by atoms with Crippen LogP contribution in [0.1, 0.15) is 22.3 Å². The Hall–Kier alpha value is -3.49. The summed E-state index contributed by atoms with van der Waals surface area (Å²) in [6, 6.07) is 21.3. The third-order valence-corrected chi connectivity index (χ3v) is 5.83. The van der Waals surface area contributed by atoms with Crippen LogP contribution in [0.25, 0.3) is 11.1 Å². The predicted octanol–water partition coefficient (Wildman–Crippen LogP) is 4.04. The van der Waals surface area contributed by atoms with Crippen LogP contribution in [0, 0.1) is 6.92 Å². The van der Waals surface area contributed by atoms with E-state index in [4.69, 9.17) is 0 Å². The number of carbonyl (C=O) groups is 2. The number of carboxylic acids is 1. The van der Waals surface area contributed by atoms with Crippen molar-refractivity contribution in [2.75, 3.05) is 10.7 Å². The van der Waals surface area contributed by atoms with Gasteiger partial charge in [0, 0.05) is 11.3 Å². The van der Waals surface area contributed by atoms with Crippen molar-refractivity contribution in [2.45, 2.75) is 19.4 Å². The van der Waals surface area contributed by atoms with E-state index in [1.54, 1.807) is 55.5 Å². The number of anilines is 1. The monoisotopic (exact) mass is 453 g/mol. The molecule has 8 heteroatoms. The van der Waals surface area contributed by atoms with Crippen molar-refractivity contribution in [3.8, 4) is 11.1 Å². The summed E-state index contributed by atoms with van der Waals surface area (Å²) in [6.45, 7) is 1.74. The number of benzene rings is 3. The molecule has 1 amide bonds. The first-order valence-electron chi connectivity index (χ1n) is 9.90. The molecule has 3 rings (SSSR count). The molecule has 0 aliphatic heterocycles. The fraction of sp³-hybridized carbons (Fsp3) is 0.167. The first-order chi connectivity index (χ1) is 15.2. The highest BCUT2D eigenvalue weighted by atomic mass is 32.2. The molecule has 0 fully saturated rings. The van der Waals surface area contributed by atoms with Crippen molar-refractivity contribution in [1.82, 2.24) is 0 Å². The zero-order valence-electron chi connectivity index (χ0n) is 17.4. The van der Waals surface area contributed by atoms with Crippen LogP contribution < -0.4 is 4.90 Å². The molecule has 1 atom stereocenters. The van der Waals surface area contributed by atoms with Crippen molar-refractivity contribution >= 4 is 27.7 Å². The van der Waals surface area contributed by atoms with Gasteiger partial charge in [-0.05, 0) is 42.2 Å². The van der Waals surface area contributed by atoms with Crippen LogP contribution in [-0.2, 0) is 14.9 Å². The number of nitrogens with zero attached hydrogens (tertiary/aromatic N) is 1. The minimum atomic E-state index is -4.42. The Kier molecular flexibility index (Phi) is 7.07. The Balaban J connectivity index is 2.16. The Morgan fingerprint density at radius 3 is 2.12 bits per heavy atom. The molecular weight excluding hydrogens is 430 g/mol. The summed E-state index contributed by atoms with van der Waals surface area (Å²) in [5.41, 5.74) is 2.68. The number of aryl methyl sites for hydroxylation is 1. The Labute approximate surface area is 186 Å². The average molecular weight is 454 g/mol. The highest BCUT2D eigenvalue weighted by Gasteiger charge is 2.34. The van der Waals surface area contributed by atoms with Gasteiger partial charge in [0.05, 0.1) is 5.75 Å². The third kappa shape index (κ3) is 5.40. The summed E-state index contributed by atoms with van der Waals surface area (Å²) in [4.78, 5) is 27.1. The fourth-order valence-electron chi connectivity index (χ4n) is 3.54. The minimum Gasteiger partial charge on any atom is -0.480 e. The van der Waals surface area contributed by atoms with Crippen LogP contribution in [0.3, 0.4) is 0 Å². The van der Waals surface area contributed by atoms with Gasteiger partial charge in [-0.3, -0.25) is 14.2 Å². The van der Waals surface area contributed by atoms with Crippen molar-refractivity contribution in [1.29, 1.82) is 0 Å². The van der Waals surface area contributed by atoms with Crippen LogP contribution in [0.4, 0.5) is 5.69 Å². The molecule has 166 valence electrons. The van der Waals surface area contributed by atoms with Gasteiger partial charge in [-0.1, -0.05) is 66.7 Å². The second-order valence-corrected chi connectivity index (χ2v) is 8.87. The number of carboxylic acid groups (broad SMARTS) is 1. The first kappa shape index (κ1) is 23.2. The number of amides is 1. The quantitative estimate of drug-likeness (QED) is 0.498. The zero-order valence-corrected chi connectivity index (χ0v) is 18.2. The van der Waals surface area contributed by atoms with Gasteiger partial charge in [0.25, 0.3) is 16.0 Å². The Bertz CT molecular complexity index is 1220. The second kappa shape index (κ2) is 9.76. The van der Waals surface area contributed by atoms with E-state index in [1.165, 1.54) is 0 Å². The molecule has 0 aromatic heterocycles. The lowest BCUT2D eigenvalue weighted by Gasteiger charge is -2.31. The molecule has 0 aliphatic carbocycles. The van der Waals surface area contributed by atoms with Crippen LogP contribution in [0.15, 0.2) is 78.9 Å². The summed E-state index contributed by atoms with van der Waals surface area (Å²) in [7, 11) is -4.42. The van der Waals surface area contributed by atoms with Crippen LogP contribution in [0.2, 0.25) is 0 Å². The minimum absolute atomic E-state index is 0.278. The van der Waals surface area contributed by atoms with Crippen molar-refractivity contribution in [2.24, 2.45) is 0 Å². The number of rotatable bonds is 8. The number of carbonyl (C=O) groups excluding carboxylic acids is 1. The largest absolute Gasteiger partial charge is 0.480 e. The molecule has 0 unspecified atom stereocenters. The van der Waals surface area contributed by atoms with E-state index in [0.717, 1.165) is 10.5 Å². The van der Waals surface area contributed by atoms with Gasteiger partial charge in [-0.25, -0.2) is 4.79 Å². The van der Waals surface area contributed by atoms with Gasteiger partial charge in [0.1, 0.15) is 6.04 Å². The second-order valence-electron chi connectivity index (χ2n) is 7.30. The SMILES string of the molecule is Cc1ccccc1N(C(=O)c1ccccc1-c1ccccc1)[C@@H](CCS(=O)(=O)O)C(=O)O. The summed E-state index contributed by atoms with van der Waals surface area (Å²) in [6.07, 6.45) is -0.470. The maximum atomic E-state index is 13.8. The van der Waals surface area contributed by atoms with E-state index in [-0.39, 0.29) is 5.56 Å². The highest BCUT2D eigenvalue weighted by Crippen LogP contribution is 2.30. The standard InChI is InChI=1S/C24H23NO6S/c1-17-9-5-8-14-21(17)25(22(24(27)28)15-16-32(29,30)31)23(26)20-13-7-6-12-19(20)18-10-3-2-4-11-18/h2-14,22H,15-16H2,1H3,(H,27,28)(H,29,30,31)/t22-/m0/s1. The maximum Gasteiger partial charge on any atom is 0.326 e. The number of hydrogen-bond donors (Lipinski definition) is 2. The molecule has 0 radical (unpaired) electrons. The summed E-state index contributed by atoms with van der Waals surface area (Å²) in [5, 5.41) is 9.90. The average Bonchev–Trinajstić information content (AvgIpc) is 2.76. The van der Waals surface area contributed by atoms with Gasteiger partial charge in [0.15, 0.2) is 0 Å². The van der Waals surface area contributed by atoms with Crippen LogP contribution in [0.5, 0.6) is 0 Å². The Morgan fingerprint density at radius 1 is 0.906 bits per heavy atom. The molecule has 0 bridgehead atoms. The lowest BCUT2D eigenvalue weighted by molar-refractivity contribution is -0.138. The van der Waals surface area contributed by atoms with Crippen LogP contribution in [-0.4, -0.2) is 41.7 Å². The van der Waals surface area contributed by atoms with E-state index in [9.17, 15) is 27.7 Å². The lowest BCUT2D eigenvalue weighted by atomic mass is 9.97. The molecule has 0 saturated carbocycles. The zero-order chi connectivity index (χ0) is 23.3. The smallest absolute Gasteiger partial charge is 0.326 e. The normalized spacial score (nSPS) is 12.2. The molecule has 3 aromatic rings. The summed E-state index contributed by atoms with van der Waals surface area (Å²) < 4.78 is 31.8. The van der Waals surface area contributed by atoms with E-state index < -0.39 is 40.2 Å². The predicted molar refractivity (Wildman–Crippen MR) is 122 cm³/mol. The topological polar surface area (TPSA) is 112 Å². The highest BCUT2D eigenvalue weighted by molar-refractivity contribution is 7.85. The molecule has 0 heterocycles. The molecule has 3 aromatic carbocycles. The molecule has 32 heavy (non-hydrogen) atoms. The van der Waals surface area contributed by atoms with Gasteiger partial charge >= 0.3 is 5.97 Å². The number of aliphatic carboxylic acids is 1. The molecule has 7 nitrogen and oxygen atoms in total. The fourth-order valence-corrected chi connectivity index (χ4v) is 4.07. The molecule has 0 aliphatic rings. The lowest BCUT2D eigenvalue weighted by Crippen LogP contribution is -2.46. The molecular formula is C24H23NO6S. The van der Waals surface area contributed by atoms with E-state index in [0.29, 0.717) is 16.8 Å². The third-order valence-electron chi connectivity index (χ3n) is 5.08. The van der Waals surface area contributed by atoms with Crippen molar-refractivity contribution < 1.29 is 27.7 Å². The number of para-hydroxylation sites is 1. The van der Waals surface area contributed by atoms with Gasteiger partial charge in [0.2, 0.25) is 0 Å². The summed E-state index contributed by atoms with van der Waals surface area (Å²) >= 11 is 0. The Morgan fingerprint density at radius 2 is 1.50 bits per heavy atom. The number of hydrogen-bond acceptors (Lipinski definition) is 4. The summed E-state index contributed by atoms with van der Waals surface area (Å²) in [5.74, 6) is -2.75. The molecule has 0 saturated heterocycles. The van der Waals surface area contributed by atoms with Crippen LogP contribution >= 0.6 is 0 Å². The van der Waals surface area contributed by atoms with E-state index in [2.05, 4.69) is 0 Å². The molecule has 0 spiro atoms. The van der Waals surface area contributed by atoms with E-state index >= 15 is 0 Å².